The van der Waals surface area contributed by atoms with E-state index in [1.165, 1.54) is 12.1 Å². The number of rotatable bonds is 7. The number of fused-ring (bicyclic) bond motifs is 2. The van der Waals surface area contributed by atoms with Crippen LogP contribution in [-0.2, 0) is 9.92 Å². The molecule has 3 aromatic carbocycles. The van der Waals surface area contributed by atoms with Crippen LogP contribution in [0.1, 0.15) is 32.6 Å². The van der Waals surface area contributed by atoms with Crippen molar-refractivity contribution in [2.75, 3.05) is 11.4 Å². The van der Waals surface area contributed by atoms with Gasteiger partial charge in [-0.05, 0) is 74.2 Å². The Morgan fingerprint density at radius 2 is 1.64 bits per heavy atom. The van der Waals surface area contributed by atoms with Gasteiger partial charge in [-0.2, -0.15) is 0 Å². The molecule has 1 unspecified atom stereocenters. The smallest absolute Gasteiger partial charge is 0.453 e. The van der Waals surface area contributed by atoms with Crippen molar-refractivity contribution >= 4 is 21.3 Å². The molecule has 7 nitrogen and oxygen atoms in total. The summed E-state index contributed by atoms with van der Waals surface area (Å²) in [5, 5.41) is 11.7. The van der Waals surface area contributed by atoms with E-state index < -0.39 is 34.2 Å². The lowest BCUT2D eigenvalue weighted by Crippen LogP contribution is -2.56. The van der Waals surface area contributed by atoms with Gasteiger partial charge >= 0.3 is 6.36 Å². The first-order chi connectivity index (χ1) is 18.7. The number of hydrogen-bond donors (Lipinski definition) is 2. The lowest BCUT2D eigenvalue weighted by atomic mass is 9.86. The highest BCUT2D eigenvalue weighted by Gasteiger charge is 2.41. The molecule has 0 bridgehead atoms. The average Bonchev–Trinajstić information content (AvgIpc) is 2.91. The topological polar surface area (TPSA) is 83.4 Å². The molecule has 208 valence electrons. The fraction of sp³-hybridized carbons (Fsp3) is 0.357. The lowest BCUT2D eigenvalue weighted by molar-refractivity contribution is -0.274. The monoisotopic (exact) mass is 561 g/mol. The molecule has 4 atom stereocenters. The van der Waals surface area contributed by atoms with E-state index in [-0.39, 0.29) is 17.5 Å². The van der Waals surface area contributed by atoms with Crippen molar-refractivity contribution in [2.45, 2.75) is 62.1 Å². The molecule has 0 aromatic heterocycles. The van der Waals surface area contributed by atoms with Gasteiger partial charge in [0.25, 0.3) is 0 Å². The first-order valence-corrected chi connectivity index (χ1v) is 14.4. The van der Waals surface area contributed by atoms with Crippen LogP contribution in [0.2, 0.25) is 0 Å². The Morgan fingerprint density at radius 3 is 2.23 bits per heavy atom. The molecule has 2 aliphatic rings. The first-order valence-electron chi connectivity index (χ1n) is 12.9. The number of para-hydroxylation sites is 4. The van der Waals surface area contributed by atoms with Crippen molar-refractivity contribution < 1.29 is 32.0 Å². The Bertz CT molecular complexity index is 1380. The maximum absolute atomic E-state index is 14.2. The summed E-state index contributed by atoms with van der Waals surface area (Å²) in [6.07, 6.45) is -3.12. The number of anilines is 2. The fourth-order valence-corrected chi connectivity index (χ4v) is 7.06. The average molecular weight is 562 g/mol. The Kier molecular flexibility index (Phi) is 7.75. The van der Waals surface area contributed by atoms with E-state index in [4.69, 9.17) is 4.74 Å². The SMILES string of the molecule is CCCN=S(=O)(N[C@H]1CCC[C@@H](N2c3ccccc3Oc3ccccc32)[C@H]1O)c1ccc(OC(F)(F)F)cc1. The van der Waals surface area contributed by atoms with E-state index in [1.54, 1.807) is 0 Å². The molecule has 3 aromatic rings. The van der Waals surface area contributed by atoms with E-state index in [1.807, 2.05) is 55.5 Å². The van der Waals surface area contributed by atoms with Crippen LogP contribution < -0.4 is 19.1 Å². The summed E-state index contributed by atoms with van der Waals surface area (Å²) in [5.41, 5.74) is 1.66. The molecule has 5 rings (SSSR count). The third-order valence-corrected chi connectivity index (χ3v) is 8.89. The molecular weight excluding hydrogens is 531 g/mol. The number of alkyl halides is 3. The largest absolute Gasteiger partial charge is 0.573 e. The van der Waals surface area contributed by atoms with Crippen LogP contribution in [0.25, 0.3) is 0 Å². The summed E-state index contributed by atoms with van der Waals surface area (Å²) in [6.45, 7) is 2.17. The summed E-state index contributed by atoms with van der Waals surface area (Å²) in [7, 11) is -3.26. The second-order valence-corrected chi connectivity index (χ2v) is 11.5. The summed E-state index contributed by atoms with van der Waals surface area (Å²) in [5.74, 6) is 0.952. The van der Waals surface area contributed by atoms with E-state index in [2.05, 4.69) is 18.7 Å². The zero-order valence-electron chi connectivity index (χ0n) is 21.3. The first kappa shape index (κ1) is 27.3. The Balaban J connectivity index is 1.45. The summed E-state index contributed by atoms with van der Waals surface area (Å²) in [6, 6.07) is 19.2. The minimum atomic E-state index is -4.83. The van der Waals surface area contributed by atoms with E-state index in [0.717, 1.165) is 29.9 Å². The third kappa shape index (κ3) is 5.85. The highest BCUT2D eigenvalue weighted by Crippen LogP contribution is 2.49. The van der Waals surface area contributed by atoms with Crippen LogP contribution >= 0.6 is 0 Å². The van der Waals surface area contributed by atoms with Crippen molar-refractivity contribution in [1.82, 2.24) is 4.72 Å². The van der Waals surface area contributed by atoms with E-state index in [0.29, 0.717) is 30.8 Å². The van der Waals surface area contributed by atoms with Gasteiger partial charge in [-0.3, -0.25) is 0 Å². The fourth-order valence-electron chi connectivity index (χ4n) is 5.09. The van der Waals surface area contributed by atoms with Crippen LogP contribution in [0.4, 0.5) is 24.5 Å². The van der Waals surface area contributed by atoms with Crippen LogP contribution in [0.5, 0.6) is 17.2 Å². The zero-order chi connectivity index (χ0) is 27.6. The molecular formula is C28H30F3N3O4S. The van der Waals surface area contributed by atoms with Crippen molar-refractivity contribution in [3.05, 3.63) is 72.8 Å². The number of aliphatic hydroxyl groups excluding tert-OH is 1. The maximum atomic E-state index is 14.2. The molecule has 0 spiro atoms. The molecule has 1 heterocycles. The van der Waals surface area contributed by atoms with Crippen molar-refractivity contribution in [1.29, 1.82) is 0 Å². The number of halogens is 3. The number of nitrogens with one attached hydrogen (secondary N) is 1. The van der Waals surface area contributed by atoms with Gasteiger partial charge in [-0.1, -0.05) is 31.2 Å². The standard InChI is InChI=1S/C28H30F3N3O4S/c1-2-18-32-39(36,20-16-14-19(15-17-20)38-28(29,30)31)33-21-8-7-11-24(27(21)35)34-22-9-3-5-12-25(22)37-26-13-6-4-10-23(26)34/h3-6,9-10,12-17,21,24,27,35H,2,7-8,11,18H2,1H3,(H,32,33,36)/t21-,24+,27-,39?/m0/s1. The predicted octanol–water partition coefficient (Wildman–Crippen LogP) is 6.55. The van der Waals surface area contributed by atoms with Crippen LogP contribution in [-0.4, -0.2) is 40.4 Å². The minimum absolute atomic E-state index is 0.224. The molecule has 0 saturated heterocycles. The van der Waals surface area contributed by atoms with Gasteiger partial charge in [0.15, 0.2) is 11.5 Å². The highest BCUT2D eigenvalue weighted by atomic mass is 32.2. The summed E-state index contributed by atoms with van der Waals surface area (Å²) in [4.78, 5) is 2.31. The Hall–Kier alpha value is -3.28. The maximum Gasteiger partial charge on any atom is 0.573 e. The van der Waals surface area contributed by atoms with Gasteiger partial charge in [0.1, 0.15) is 15.7 Å². The van der Waals surface area contributed by atoms with Gasteiger partial charge < -0.3 is 19.5 Å². The molecule has 2 N–H and O–H groups in total. The second kappa shape index (κ2) is 11.1. The van der Waals surface area contributed by atoms with Crippen LogP contribution in [0, 0.1) is 0 Å². The van der Waals surface area contributed by atoms with Gasteiger partial charge in [-0.25, -0.2) is 13.3 Å². The lowest BCUT2D eigenvalue weighted by Gasteiger charge is -2.45. The van der Waals surface area contributed by atoms with Crippen molar-refractivity contribution in [3.8, 4) is 17.2 Å². The molecule has 0 radical (unpaired) electrons. The number of ether oxygens (including phenoxy) is 2. The van der Waals surface area contributed by atoms with Gasteiger partial charge in [0.05, 0.1) is 28.4 Å². The minimum Gasteiger partial charge on any atom is -0.453 e. The molecule has 39 heavy (non-hydrogen) atoms. The Morgan fingerprint density at radius 1 is 1.03 bits per heavy atom. The third-order valence-electron chi connectivity index (χ3n) is 6.81. The molecule has 0 amide bonds. The molecule has 11 heteroatoms. The zero-order valence-corrected chi connectivity index (χ0v) is 22.1. The normalized spacial score (nSPS) is 22.2. The van der Waals surface area contributed by atoms with Crippen LogP contribution in [0.15, 0.2) is 82.1 Å². The van der Waals surface area contributed by atoms with Gasteiger partial charge in [0, 0.05) is 12.6 Å². The van der Waals surface area contributed by atoms with Crippen molar-refractivity contribution in [2.24, 2.45) is 4.36 Å². The number of hydrogen-bond acceptors (Lipinski definition) is 6. The number of nitrogens with zero attached hydrogens (tertiary/aromatic N) is 2. The Labute approximate surface area is 225 Å². The highest BCUT2D eigenvalue weighted by molar-refractivity contribution is 7.91. The van der Waals surface area contributed by atoms with Crippen molar-refractivity contribution in [3.63, 3.8) is 0 Å². The summed E-state index contributed by atoms with van der Waals surface area (Å²) >= 11 is 0. The van der Waals surface area contributed by atoms with Gasteiger partial charge in [0.2, 0.25) is 0 Å². The molecule has 1 aliphatic heterocycles. The van der Waals surface area contributed by atoms with Gasteiger partial charge in [-0.15, -0.1) is 13.2 Å². The second-order valence-electron chi connectivity index (χ2n) is 9.52. The quantitative estimate of drug-likeness (QED) is 0.342. The van der Waals surface area contributed by atoms with E-state index in [9.17, 15) is 22.5 Å². The molecule has 1 saturated carbocycles. The number of aliphatic hydroxyl groups is 1. The molecule has 1 aliphatic carbocycles. The molecule has 1 fully saturated rings. The van der Waals surface area contributed by atoms with Crippen LogP contribution in [0.3, 0.4) is 0 Å². The summed E-state index contributed by atoms with van der Waals surface area (Å²) < 4.78 is 69.6. The predicted molar refractivity (Wildman–Crippen MR) is 143 cm³/mol. The van der Waals surface area contributed by atoms with E-state index >= 15 is 0 Å². The number of benzene rings is 3.